The van der Waals surface area contributed by atoms with E-state index in [-0.39, 0.29) is 29.5 Å². The van der Waals surface area contributed by atoms with Gasteiger partial charge in [0.2, 0.25) is 0 Å². The number of halogens is 1. The highest BCUT2D eigenvalue weighted by atomic mass is 127. The van der Waals surface area contributed by atoms with Gasteiger partial charge in [0, 0.05) is 34.3 Å². The molecule has 2 saturated heterocycles. The summed E-state index contributed by atoms with van der Waals surface area (Å²) in [5, 5.41) is 7.15. The van der Waals surface area contributed by atoms with Crippen molar-refractivity contribution in [1.29, 1.82) is 0 Å². The van der Waals surface area contributed by atoms with E-state index in [1.165, 1.54) is 68.0 Å². The molecule has 2 aliphatic rings. The number of nitrogens with one attached hydrogen (secondary N) is 2. The number of hydrogen-bond donors (Lipinski definition) is 2. The fourth-order valence-electron chi connectivity index (χ4n) is 4.70. The number of likely N-dealkylation sites (tertiary alicyclic amines) is 2. The summed E-state index contributed by atoms with van der Waals surface area (Å²) in [5.74, 6) is 0.976. The molecular weight excluding hydrogens is 505 g/mol. The SMILES string of the molecule is CCNC(=NCC1(N2CCCCC2)CCN(C)CC1)NC(C)Cc1ccc(C)s1.I. The Balaban J connectivity index is 0.00000320. The monoisotopic (exact) mass is 547 g/mol. The molecule has 1 aromatic rings. The van der Waals surface area contributed by atoms with Crippen LogP contribution in [0.25, 0.3) is 0 Å². The van der Waals surface area contributed by atoms with E-state index < -0.39 is 0 Å². The van der Waals surface area contributed by atoms with Crippen molar-refractivity contribution in [3.05, 3.63) is 21.9 Å². The van der Waals surface area contributed by atoms with E-state index in [9.17, 15) is 0 Å². The van der Waals surface area contributed by atoms with Crippen molar-refractivity contribution in [2.75, 3.05) is 46.3 Å². The molecule has 1 atom stereocenters. The molecule has 1 unspecified atom stereocenters. The maximum Gasteiger partial charge on any atom is 0.191 e. The first kappa shape index (κ1) is 25.9. The lowest BCUT2D eigenvalue weighted by molar-refractivity contribution is 0.0208. The van der Waals surface area contributed by atoms with E-state index in [4.69, 9.17) is 4.99 Å². The van der Waals surface area contributed by atoms with E-state index in [2.05, 4.69) is 60.4 Å². The topological polar surface area (TPSA) is 42.9 Å². The fraction of sp³-hybridized carbons (Fsp3) is 0.783. The van der Waals surface area contributed by atoms with Crippen LogP contribution in [0.3, 0.4) is 0 Å². The summed E-state index contributed by atoms with van der Waals surface area (Å²) in [5.41, 5.74) is 0.239. The minimum absolute atomic E-state index is 0. The van der Waals surface area contributed by atoms with Crippen LogP contribution in [0.4, 0.5) is 0 Å². The molecule has 3 rings (SSSR count). The summed E-state index contributed by atoms with van der Waals surface area (Å²) in [6, 6.07) is 4.84. The zero-order valence-corrected chi connectivity index (χ0v) is 22.5. The molecule has 3 heterocycles. The molecule has 0 spiro atoms. The van der Waals surface area contributed by atoms with Crippen LogP contribution in [-0.4, -0.2) is 73.7 Å². The molecule has 7 heteroatoms. The van der Waals surface area contributed by atoms with Crippen molar-refractivity contribution >= 4 is 41.3 Å². The highest BCUT2D eigenvalue weighted by Crippen LogP contribution is 2.31. The minimum Gasteiger partial charge on any atom is -0.357 e. The molecule has 2 N–H and O–H groups in total. The van der Waals surface area contributed by atoms with E-state index in [1.807, 2.05) is 11.3 Å². The average molecular weight is 548 g/mol. The van der Waals surface area contributed by atoms with E-state index in [0.717, 1.165) is 25.5 Å². The number of rotatable bonds is 7. The number of hydrogen-bond acceptors (Lipinski definition) is 4. The third kappa shape index (κ3) is 7.35. The lowest BCUT2D eigenvalue weighted by Gasteiger charge is -2.49. The second-order valence-corrected chi connectivity index (χ2v) is 10.4. The summed E-state index contributed by atoms with van der Waals surface area (Å²) in [4.78, 5) is 13.2. The standard InChI is InChI=1S/C23H41N5S.HI/c1-5-24-22(26-19(2)17-21-10-9-20(3)29-21)25-18-23(11-15-27(4)16-12-23)28-13-7-6-8-14-28;/h9-10,19H,5-8,11-18H2,1-4H3,(H2,24,25,26);1H. The van der Waals surface area contributed by atoms with Gasteiger partial charge in [0.1, 0.15) is 0 Å². The Morgan fingerprint density at radius 2 is 1.87 bits per heavy atom. The van der Waals surface area contributed by atoms with Crippen molar-refractivity contribution in [1.82, 2.24) is 20.4 Å². The Morgan fingerprint density at radius 3 is 2.47 bits per heavy atom. The molecule has 0 bridgehead atoms. The molecule has 2 fully saturated rings. The smallest absolute Gasteiger partial charge is 0.191 e. The lowest BCUT2D eigenvalue weighted by Crippen LogP contribution is -2.58. The summed E-state index contributed by atoms with van der Waals surface area (Å²) >= 11 is 1.90. The van der Waals surface area contributed by atoms with Crippen LogP contribution in [-0.2, 0) is 6.42 Å². The van der Waals surface area contributed by atoms with Crippen molar-refractivity contribution in [2.45, 2.75) is 70.9 Å². The molecule has 0 aliphatic carbocycles. The quantitative estimate of drug-likeness (QED) is 0.307. The van der Waals surface area contributed by atoms with Gasteiger partial charge in [0.05, 0.1) is 6.54 Å². The van der Waals surface area contributed by atoms with Crippen LogP contribution in [0.5, 0.6) is 0 Å². The molecule has 0 saturated carbocycles. The summed E-state index contributed by atoms with van der Waals surface area (Å²) in [7, 11) is 2.25. The van der Waals surface area contributed by atoms with Gasteiger partial charge in [-0.1, -0.05) is 6.42 Å². The third-order valence-corrected chi connectivity index (χ3v) is 7.53. The molecule has 0 radical (unpaired) electrons. The molecular formula is C23H42IN5S. The number of nitrogens with zero attached hydrogens (tertiary/aromatic N) is 3. The molecule has 30 heavy (non-hydrogen) atoms. The number of guanidine groups is 1. The number of thiophene rings is 1. The largest absolute Gasteiger partial charge is 0.357 e. The summed E-state index contributed by atoms with van der Waals surface area (Å²) in [6.07, 6.45) is 7.59. The van der Waals surface area contributed by atoms with Crippen molar-refractivity contribution in [3.63, 3.8) is 0 Å². The Morgan fingerprint density at radius 1 is 1.17 bits per heavy atom. The number of aliphatic imine (C=N–C) groups is 1. The van der Waals surface area contributed by atoms with Gasteiger partial charge < -0.3 is 15.5 Å². The second-order valence-electron chi connectivity index (χ2n) is 9.03. The van der Waals surface area contributed by atoms with Gasteiger partial charge in [0.15, 0.2) is 5.96 Å². The molecule has 0 aromatic carbocycles. The first-order valence-electron chi connectivity index (χ1n) is 11.5. The Bertz CT molecular complexity index is 648. The molecule has 2 aliphatic heterocycles. The van der Waals surface area contributed by atoms with Crippen LogP contribution in [0.2, 0.25) is 0 Å². The first-order valence-corrected chi connectivity index (χ1v) is 12.4. The van der Waals surface area contributed by atoms with Gasteiger partial charge in [-0.3, -0.25) is 9.89 Å². The van der Waals surface area contributed by atoms with Crippen LogP contribution >= 0.6 is 35.3 Å². The predicted octanol–water partition coefficient (Wildman–Crippen LogP) is 4.11. The molecule has 0 amide bonds. The fourth-order valence-corrected chi connectivity index (χ4v) is 5.72. The molecule has 1 aromatic heterocycles. The van der Waals surface area contributed by atoms with E-state index in [0.29, 0.717) is 6.04 Å². The second kappa shape index (κ2) is 12.6. The predicted molar refractivity (Wildman–Crippen MR) is 142 cm³/mol. The van der Waals surface area contributed by atoms with Gasteiger partial charge in [-0.2, -0.15) is 0 Å². The average Bonchev–Trinajstić information content (AvgIpc) is 3.13. The number of aryl methyl sites for hydroxylation is 1. The van der Waals surface area contributed by atoms with Gasteiger partial charge in [-0.05, 0) is 91.8 Å². The van der Waals surface area contributed by atoms with Gasteiger partial charge in [-0.15, -0.1) is 35.3 Å². The van der Waals surface area contributed by atoms with Gasteiger partial charge in [0.25, 0.3) is 0 Å². The Hall–Kier alpha value is -0.380. The van der Waals surface area contributed by atoms with Crippen molar-refractivity contribution < 1.29 is 0 Å². The van der Waals surface area contributed by atoms with Crippen molar-refractivity contribution in [3.8, 4) is 0 Å². The highest BCUT2D eigenvalue weighted by molar-refractivity contribution is 14.0. The van der Waals surface area contributed by atoms with Gasteiger partial charge >= 0.3 is 0 Å². The third-order valence-electron chi connectivity index (χ3n) is 6.51. The van der Waals surface area contributed by atoms with Gasteiger partial charge in [-0.25, -0.2) is 0 Å². The Labute approximate surface area is 205 Å². The zero-order chi connectivity index (χ0) is 20.7. The van der Waals surface area contributed by atoms with E-state index >= 15 is 0 Å². The normalized spacial score (nSPS) is 21.7. The van der Waals surface area contributed by atoms with Crippen LogP contribution in [0.1, 0.15) is 55.7 Å². The zero-order valence-electron chi connectivity index (χ0n) is 19.4. The highest BCUT2D eigenvalue weighted by Gasteiger charge is 2.39. The maximum atomic E-state index is 5.13. The Kier molecular flexibility index (Phi) is 10.9. The number of piperidine rings is 2. The van der Waals surface area contributed by atoms with Crippen LogP contribution in [0, 0.1) is 6.92 Å². The van der Waals surface area contributed by atoms with E-state index in [1.54, 1.807) is 0 Å². The first-order chi connectivity index (χ1) is 14.0. The van der Waals surface area contributed by atoms with Crippen LogP contribution < -0.4 is 10.6 Å². The lowest BCUT2D eigenvalue weighted by atomic mass is 9.84. The summed E-state index contributed by atoms with van der Waals surface area (Å²) in [6.45, 7) is 13.3. The van der Waals surface area contributed by atoms with Crippen molar-refractivity contribution in [2.24, 2.45) is 4.99 Å². The molecule has 172 valence electrons. The van der Waals surface area contributed by atoms with Crippen LogP contribution in [0.15, 0.2) is 17.1 Å². The summed E-state index contributed by atoms with van der Waals surface area (Å²) < 4.78 is 0. The maximum absolute atomic E-state index is 5.13. The minimum atomic E-state index is 0. The molecule has 5 nitrogen and oxygen atoms in total.